The summed E-state index contributed by atoms with van der Waals surface area (Å²) in [5, 5.41) is 12.3. The SMILES string of the molecule is Cc1ccc(C(=O)OCC(=O)N[C@@H](C)c2ccco2)c(O)c1. The molecule has 2 N–H and O–H groups in total. The summed E-state index contributed by atoms with van der Waals surface area (Å²) in [6.07, 6.45) is 1.51. The van der Waals surface area contributed by atoms with Crippen LogP contribution in [0.5, 0.6) is 5.75 Å². The summed E-state index contributed by atoms with van der Waals surface area (Å²) in [6.45, 7) is 3.11. The number of esters is 1. The number of hydrogen-bond donors (Lipinski definition) is 2. The second kappa shape index (κ2) is 6.80. The van der Waals surface area contributed by atoms with Gasteiger partial charge in [-0.15, -0.1) is 0 Å². The minimum absolute atomic E-state index is 0.0254. The topological polar surface area (TPSA) is 88.8 Å². The molecule has 0 fully saturated rings. The zero-order valence-corrected chi connectivity index (χ0v) is 12.3. The Morgan fingerprint density at radius 3 is 2.77 bits per heavy atom. The van der Waals surface area contributed by atoms with Gasteiger partial charge in [0.05, 0.1) is 12.3 Å². The van der Waals surface area contributed by atoms with Gasteiger partial charge < -0.3 is 19.6 Å². The van der Waals surface area contributed by atoms with Crippen LogP contribution in [0, 0.1) is 6.92 Å². The number of phenolic OH excluding ortho intramolecular Hbond substituents is 1. The van der Waals surface area contributed by atoms with Crippen LogP contribution in [0.1, 0.15) is 34.6 Å². The van der Waals surface area contributed by atoms with Gasteiger partial charge in [-0.05, 0) is 43.7 Å². The van der Waals surface area contributed by atoms with Gasteiger partial charge >= 0.3 is 5.97 Å². The number of aromatic hydroxyl groups is 1. The molecule has 0 bridgehead atoms. The first-order valence-electron chi connectivity index (χ1n) is 6.77. The van der Waals surface area contributed by atoms with E-state index in [0.717, 1.165) is 5.56 Å². The van der Waals surface area contributed by atoms with Gasteiger partial charge in [0.2, 0.25) is 0 Å². The Morgan fingerprint density at radius 1 is 1.36 bits per heavy atom. The Bertz CT molecular complexity index is 663. The zero-order chi connectivity index (χ0) is 16.1. The maximum absolute atomic E-state index is 11.8. The van der Waals surface area contributed by atoms with Gasteiger partial charge in [-0.2, -0.15) is 0 Å². The van der Waals surface area contributed by atoms with Gasteiger partial charge in [0, 0.05) is 0 Å². The van der Waals surface area contributed by atoms with Crippen molar-refractivity contribution in [3.8, 4) is 5.75 Å². The first-order chi connectivity index (χ1) is 10.5. The van der Waals surface area contributed by atoms with E-state index in [1.54, 1.807) is 32.0 Å². The molecule has 1 aromatic carbocycles. The molecule has 0 aliphatic rings. The molecule has 0 aliphatic heterocycles. The molecule has 0 saturated heterocycles. The number of phenols is 1. The maximum Gasteiger partial charge on any atom is 0.342 e. The van der Waals surface area contributed by atoms with Crippen LogP contribution in [0.4, 0.5) is 0 Å². The van der Waals surface area contributed by atoms with Crippen molar-refractivity contribution >= 4 is 11.9 Å². The number of furan rings is 1. The van der Waals surface area contributed by atoms with Crippen LogP contribution >= 0.6 is 0 Å². The molecule has 0 unspecified atom stereocenters. The van der Waals surface area contributed by atoms with Crippen molar-refractivity contribution in [1.29, 1.82) is 0 Å². The quantitative estimate of drug-likeness (QED) is 0.828. The van der Waals surface area contributed by atoms with Crippen molar-refractivity contribution < 1.29 is 23.8 Å². The fraction of sp³-hybridized carbons (Fsp3) is 0.250. The van der Waals surface area contributed by atoms with Crippen molar-refractivity contribution in [3.05, 3.63) is 53.5 Å². The molecule has 2 aromatic rings. The smallest absolute Gasteiger partial charge is 0.342 e. The summed E-state index contributed by atoms with van der Waals surface area (Å²) in [5.41, 5.74) is 0.844. The van der Waals surface area contributed by atoms with Crippen LogP contribution in [-0.2, 0) is 9.53 Å². The fourth-order valence-corrected chi connectivity index (χ4v) is 1.92. The molecule has 1 atom stereocenters. The molecule has 6 nitrogen and oxygen atoms in total. The predicted molar refractivity (Wildman–Crippen MR) is 78.4 cm³/mol. The molecular formula is C16H17NO5. The van der Waals surface area contributed by atoms with Crippen molar-refractivity contribution in [2.75, 3.05) is 6.61 Å². The van der Waals surface area contributed by atoms with E-state index in [-0.39, 0.29) is 17.4 Å². The number of hydrogen-bond acceptors (Lipinski definition) is 5. The number of carbonyl (C=O) groups excluding carboxylic acids is 2. The minimum atomic E-state index is -0.752. The molecule has 0 saturated carbocycles. The van der Waals surface area contributed by atoms with Crippen LogP contribution in [0.25, 0.3) is 0 Å². The predicted octanol–water partition coefficient (Wildman–Crippen LogP) is 2.33. The number of amides is 1. The molecule has 116 valence electrons. The summed E-state index contributed by atoms with van der Waals surface area (Å²) in [6, 6.07) is 7.72. The van der Waals surface area contributed by atoms with Crippen LogP contribution in [0.15, 0.2) is 41.0 Å². The maximum atomic E-state index is 11.8. The molecule has 2 rings (SSSR count). The largest absolute Gasteiger partial charge is 0.507 e. The zero-order valence-electron chi connectivity index (χ0n) is 12.3. The number of rotatable bonds is 5. The van der Waals surface area contributed by atoms with Crippen LogP contribution in [-0.4, -0.2) is 23.6 Å². The van der Waals surface area contributed by atoms with Crippen molar-refractivity contribution in [2.24, 2.45) is 0 Å². The van der Waals surface area contributed by atoms with Crippen LogP contribution in [0.3, 0.4) is 0 Å². The van der Waals surface area contributed by atoms with E-state index >= 15 is 0 Å². The number of nitrogens with one attached hydrogen (secondary N) is 1. The lowest BCUT2D eigenvalue weighted by Crippen LogP contribution is -2.31. The summed E-state index contributed by atoms with van der Waals surface area (Å²) in [5.74, 6) is -0.771. The monoisotopic (exact) mass is 303 g/mol. The fourth-order valence-electron chi connectivity index (χ4n) is 1.92. The molecule has 0 spiro atoms. The van der Waals surface area contributed by atoms with E-state index < -0.39 is 18.5 Å². The summed E-state index contributed by atoms with van der Waals surface area (Å²) in [4.78, 5) is 23.5. The third-order valence-corrected chi connectivity index (χ3v) is 3.05. The van der Waals surface area contributed by atoms with E-state index in [1.807, 2.05) is 0 Å². The van der Waals surface area contributed by atoms with E-state index in [0.29, 0.717) is 5.76 Å². The molecule has 0 aliphatic carbocycles. The Morgan fingerprint density at radius 2 is 2.14 bits per heavy atom. The molecule has 1 amide bonds. The normalized spacial score (nSPS) is 11.7. The summed E-state index contributed by atoms with van der Waals surface area (Å²) in [7, 11) is 0. The van der Waals surface area contributed by atoms with Crippen molar-refractivity contribution in [1.82, 2.24) is 5.32 Å². The lowest BCUT2D eigenvalue weighted by Gasteiger charge is -2.12. The average Bonchev–Trinajstić information content (AvgIpc) is 2.99. The van der Waals surface area contributed by atoms with Crippen molar-refractivity contribution in [3.63, 3.8) is 0 Å². The van der Waals surface area contributed by atoms with Gasteiger partial charge in [0.15, 0.2) is 6.61 Å². The number of aryl methyl sites for hydroxylation is 1. The van der Waals surface area contributed by atoms with Gasteiger partial charge in [-0.25, -0.2) is 4.79 Å². The Kier molecular flexibility index (Phi) is 4.83. The minimum Gasteiger partial charge on any atom is -0.507 e. The number of benzene rings is 1. The molecule has 0 radical (unpaired) electrons. The highest BCUT2D eigenvalue weighted by Crippen LogP contribution is 2.19. The third-order valence-electron chi connectivity index (χ3n) is 3.05. The van der Waals surface area contributed by atoms with Crippen molar-refractivity contribution in [2.45, 2.75) is 19.9 Å². The first kappa shape index (κ1) is 15.6. The van der Waals surface area contributed by atoms with Gasteiger partial charge in [-0.1, -0.05) is 6.07 Å². The van der Waals surface area contributed by atoms with E-state index in [4.69, 9.17) is 9.15 Å². The highest BCUT2D eigenvalue weighted by atomic mass is 16.5. The Hall–Kier alpha value is -2.76. The van der Waals surface area contributed by atoms with E-state index in [1.165, 1.54) is 18.4 Å². The van der Waals surface area contributed by atoms with Gasteiger partial charge in [-0.3, -0.25) is 4.79 Å². The summed E-state index contributed by atoms with van der Waals surface area (Å²) >= 11 is 0. The molecular weight excluding hydrogens is 286 g/mol. The summed E-state index contributed by atoms with van der Waals surface area (Å²) < 4.78 is 10.0. The number of carbonyl (C=O) groups is 2. The van der Waals surface area contributed by atoms with Crippen LogP contribution in [0.2, 0.25) is 0 Å². The standard InChI is InChI=1S/C16H17NO5/c1-10-5-6-12(13(18)8-10)16(20)22-9-15(19)17-11(2)14-4-3-7-21-14/h3-8,11,18H,9H2,1-2H3,(H,17,19)/t11-/m0/s1. The molecule has 22 heavy (non-hydrogen) atoms. The molecule has 1 aromatic heterocycles. The highest BCUT2D eigenvalue weighted by molar-refractivity contribution is 5.93. The second-order valence-corrected chi connectivity index (χ2v) is 4.90. The first-order valence-corrected chi connectivity index (χ1v) is 6.77. The highest BCUT2D eigenvalue weighted by Gasteiger charge is 2.16. The molecule has 1 heterocycles. The van der Waals surface area contributed by atoms with Crippen LogP contribution < -0.4 is 5.32 Å². The average molecular weight is 303 g/mol. The lowest BCUT2D eigenvalue weighted by molar-refractivity contribution is -0.125. The van der Waals surface area contributed by atoms with E-state index in [2.05, 4.69) is 5.32 Å². The Balaban J connectivity index is 1.86. The third kappa shape index (κ3) is 3.88. The van der Waals surface area contributed by atoms with E-state index in [9.17, 15) is 14.7 Å². The van der Waals surface area contributed by atoms with Gasteiger partial charge in [0.25, 0.3) is 5.91 Å². The Labute approximate surface area is 127 Å². The lowest BCUT2D eigenvalue weighted by atomic mass is 10.1. The van der Waals surface area contributed by atoms with Gasteiger partial charge in [0.1, 0.15) is 17.1 Å². The molecule has 6 heteroatoms. The second-order valence-electron chi connectivity index (χ2n) is 4.90. The number of ether oxygens (including phenoxy) is 1.